The quantitative estimate of drug-likeness (QED) is 0.197. The molecule has 7 rings (SSSR count). The van der Waals surface area contributed by atoms with Crippen LogP contribution in [-0.4, -0.2) is 4.57 Å². The van der Waals surface area contributed by atoms with E-state index in [9.17, 15) is 0 Å². The van der Waals surface area contributed by atoms with Crippen molar-refractivity contribution in [2.24, 2.45) is 0 Å². The molecule has 2 heteroatoms. The summed E-state index contributed by atoms with van der Waals surface area (Å²) in [6.07, 6.45) is 6.06. The molecular weight excluding hydrogens is 550 g/mol. The van der Waals surface area contributed by atoms with Gasteiger partial charge in [0.15, 0.2) is 0 Å². The first-order valence-electron chi connectivity index (χ1n) is 13.8. The fourth-order valence-electron chi connectivity index (χ4n) is 6.59. The second-order valence-electron chi connectivity index (χ2n) is 11.2. The summed E-state index contributed by atoms with van der Waals surface area (Å²) in [6.45, 7) is 10.7. The van der Waals surface area contributed by atoms with Gasteiger partial charge in [-0.2, -0.15) is 0 Å². The lowest BCUT2D eigenvalue weighted by molar-refractivity contribution is 0.661. The van der Waals surface area contributed by atoms with E-state index in [0.717, 1.165) is 10.2 Å². The van der Waals surface area contributed by atoms with E-state index in [-0.39, 0.29) is 5.41 Å². The highest BCUT2D eigenvalue weighted by molar-refractivity contribution is 9.10. The lowest BCUT2D eigenvalue weighted by Crippen LogP contribution is -2.23. The Labute approximate surface area is 243 Å². The number of hydrogen-bond donors (Lipinski definition) is 0. The molecule has 1 nitrogen and oxygen atoms in total. The van der Waals surface area contributed by atoms with Crippen molar-refractivity contribution in [1.29, 1.82) is 0 Å². The molecule has 0 N–H and O–H groups in total. The fraction of sp³-hybridized carbons (Fsp3) is 0.105. The number of benzene rings is 5. The number of fused-ring (bicyclic) bond motifs is 6. The number of para-hydroxylation sites is 1. The topological polar surface area (TPSA) is 4.93 Å². The smallest absolute Gasteiger partial charge is 0.0544 e. The van der Waals surface area contributed by atoms with Gasteiger partial charge in [0.25, 0.3) is 0 Å². The molecule has 0 bridgehead atoms. The average molecular weight is 581 g/mol. The lowest BCUT2D eigenvalue weighted by atomic mass is 9.82. The molecule has 5 aromatic carbocycles. The van der Waals surface area contributed by atoms with Crippen LogP contribution < -0.4 is 10.4 Å². The van der Waals surface area contributed by atoms with Crippen LogP contribution in [0.15, 0.2) is 114 Å². The first kappa shape index (κ1) is 24.9. The summed E-state index contributed by atoms with van der Waals surface area (Å²) in [6, 6.07) is 35.9. The van der Waals surface area contributed by atoms with Gasteiger partial charge >= 0.3 is 0 Å². The zero-order valence-electron chi connectivity index (χ0n) is 23.0. The van der Waals surface area contributed by atoms with Crippen molar-refractivity contribution in [3.05, 3.63) is 136 Å². The molecule has 6 aromatic rings. The molecule has 0 saturated carbocycles. The Morgan fingerprint density at radius 1 is 0.700 bits per heavy atom. The van der Waals surface area contributed by atoms with Crippen molar-refractivity contribution in [2.45, 2.75) is 26.2 Å². The Morgan fingerprint density at radius 3 is 2.33 bits per heavy atom. The number of hydrogen-bond acceptors (Lipinski definition) is 0. The van der Waals surface area contributed by atoms with Crippen LogP contribution in [0.5, 0.6) is 0 Å². The van der Waals surface area contributed by atoms with E-state index in [2.05, 4.69) is 157 Å². The highest BCUT2D eigenvalue weighted by Gasteiger charge is 2.36. The third kappa shape index (κ3) is 3.67. The Morgan fingerprint density at radius 2 is 1.50 bits per heavy atom. The van der Waals surface area contributed by atoms with Crippen molar-refractivity contribution in [3.63, 3.8) is 0 Å². The summed E-state index contributed by atoms with van der Waals surface area (Å²) in [7, 11) is 0. The van der Waals surface area contributed by atoms with Gasteiger partial charge < -0.3 is 4.57 Å². The molecule has 1 heterocycles. The molecule has 0 unspecified atom stereocenters. The molecule has 0 spiro atoms. The van der Waals surface area contributed by atoms with Crippen LogP contribution in [0, 0.1) is 0 Å². The molecule has 0 atom stereocenters. The Hall–Kier alpha value is -4.14. The summed E-state index contributed by atoms with van der Waals surface area (Å²) in [4.78, 5) is 0. The standard InChI is InChI=1S/C38H30BrN/c1-5-11-25-16-17-26(18-24(25)6-2)27-19-28(39)21-29(20-27)40-36-15-10-8-13-31(36)33-22-32-30-12-7-9-14-34(30)38(3,4)35(32)23-37(33)40/h5-23H,1H2,2-4H3/b24-6-,25-11-. The highest BCUT2D eigenvalue weighted by atomic mass is 79.9. The first-order chi connectivity index (χ1) is 19.4. The zero-order valence-corrected chi connectivity index (χ0v) is 24.6. The van der Waals surface area contributed by atoms with Crippen molar-refractivity contribution >= 4 is 49.9 Å². The lowest BCUT2D eigenvalue weighted by Gasteiger charge is -2.21. The first-order valence-corrected chi connectivity index (χ1v) is 14.6. The predicted octanol–water partition coefficient (Wildman–Crippen LogP) is 9.29. The summed E-state index contributed by atoms with van der Waals surface area (Å²) in [5.41, 5.74) is 11.4. The zero-order chi connectivity index (χ0) is 27.6. The van der Waals surface area contributed by atoms with E-state index in [1.807, 2.05) is 6.08 Å². The number of halogens is 1. The van der Waals surface area contributed by atoms with Crippen molar-refractivity contribution in [3.8, 4) is 27.9 Å². The van der Waals surface area contributed by atoms with Crippen LogP contribution >= 0.6 is 15.9 Å². The number of nitrogens with zero attached hydrogens (tertiary/aromatic N) is 1. The van der Waals surface area contributed by atoms with E-state index in [1.165, 1.54) is 65.6 Å². The molecule has 0 saturated heterocycles. The minimum absolute atomic E-state index is 0.0545. The molecule has 194 valence electrons. The predicted molar refractivity (Wildman–Crippen MR) is 176 cm³/mol. The number of allylic oxidation sites excluding steroid dienone is 1. The van der Waals surface area contributed by atoms with E-state index < -0.39 is 0 Å². The molecular formula is C38H30BrN. The van der Waals surface area contributed by atoms with E-state index in [0.29, 0.717) is 0 Å². The summed E-state index contributed by atoms with van der Waals surface area (Å²) in [5, 5.41) is 4.94. The van der Waals surface area contributed by atoms with E-state index in [4.69, 9.17) is 0 Å². The molecule has 0 fully saturated rings. The molecule has 0 radical (unpaired) electrons. The second-order valence-corrected chi connectivity index (χ2v) is 12.1. The molecule has 0 amide bonds. The van der Waals surface area contributed by atoms with Crippen LogP contribution in [0.2, 0.25) is 0 Å². The average Bonchev–Trinajstić information content (AvgIpc) is 3.41. The van der Waals surface area contributed by atoms with E-state index >= 15 is 0 Å². The fourth-order valence-corrected chi connectivity index (χ4v) is 7.08. The largest absolute Gasteiger partial charge is 0.309 e. The molecule has 1 aliphatic rings. The van der Waals surface area contributed by atoms with Crippen molar-refractivity contribution in [1.82, 2.24) is 4.57 Å². The van der Waals surface area contributed by atoms with Crippen LogP contribution in [0.1, 0.15) is 31.9 Å². The van der Waals surface area contributed by atoms with Gasteiger partial charge in [0, 0.05) is 26.3 Å². The number of rotatable bonds is 3. The van der Waals surface area contributed by atoms with Crippen LogP contribution in [0.3, 0.4) is 0 Å². The Balaban J connectivity index is 1.51. The SMILES string of the molecule is C=C/C=c1/ccc(-c2cc(Br)cc(-n3c4ccccc4c4cc5c(cc43)C(C)(C)c3ccccc3-5)c2)c/c1=C/C. The van der Waals surface area contributed by atoms with Crippen LogP contribution in [0.25, 0.3) is 61.9 Å². The van der Waals surface area contributed by atoms with Gasteiger partial charge in [-0.1, -0.05) is 109 Å². The number of aromatic nitrogens is 1. The van der Waals surface area contributed by atoms with Gasteiger partial charge in [0.1, 0.15) is 0 Å². The van der Waals surface area contributed by atoms with Gasteiger partial charge in [-0.3, -0.25) is 0 Å². The minimum Gasteiger partial charge on any atom is -0.309 e. The van der Waals surface area contributed by atoms with E-state index in [1.54, 1.807) is 0 Å². The minimum atomic E-state index is -0.0545. The molecule has 1 aromatic heterocycles. The normalized spacial score (nSPS) is 14.6. The van der Waals surface area contributed by atoms with Gasteiger partial charge in [-0.25, -0.2) is 0 Å². The van der Waals surface area contributed by atoms with Gasteiger partial charge in [-0.05, 0) is 93.2 Å². The summed E-state index contributed by atoms with van der Waals surface area (Å²) in [5.74, 6) is 0. The van der Waals surface area contributed by atoms with Crippen molar-refractivity contribution in [2.75, 3.05) is 0 Å². The Kier molecular flexibility index (Phi) is 5.73. The van der Waals surface area contributed by atoms with Gasteiger partial charge in [0.2, 0.25) is 0 Å². The van der Waals surface area contributed by atoms with Crippen molar-refractivity contribution < 1.29 is 0 Å². The summed E-state index contributed by atoms with van der Waals surface area (Å²) < 4.78 is 3.49. The molecule has 1 aliphatic carbocycles. The maximum Gasteiger partial charge on any atom is 0.0544 e. The van der Waals surface area contributed by atoms with Gasteiger partial charge in [-0.15, -0.1) is 0 Å². The Bertz CT molecular complexity index is 2120. The molecule has 40 heavy (non-hydrogen) atoms. The van der Waals surface area contributed by atoms with Gasteiger partial charge in [0.05, 0.1) is 11.0 Å². The monoisotopic (exact) mass is 579 g/mol. The second kappa shape index (κ2) is 9.21. The molecule has 0 aliphatic heterocycles. The maximum absolute atomic E-state index is 3.88. The third-order valence-corrected chi connectivity index (χ3v) is 9.00. The highest BCUT2D eigenvalue weighted by Crippen LogP contribution is 2.51. The third-order valence-electron chi connectivity index (χ3n) is 8.55. The maximum atomic E-state index is 3.88. The summed E-state index contributed by atoms with van der Waals surface area (Å²) >= 11 is 3.85. The van der Waals surface area contributed by atoms with Crippen LogP contribution in [-0.2, 0) is 5.41 Å². The van der Waals surface area contributed by atoms with Crippen LogP contribution in [0.4, 0.5) is 0 Å².